The first-order valence-corrected chi connectivity index (χ1v) is 4.62. The zero-order valence-corrected chi connectivity index (χ0v) is 8.83. The van der Waals surface area contributed by atoms with E-state index in [1.54, 1.807) is 0 Å². The van der Waals surface area contributed by atoms with E-state index in [0.29, 0.717) is 5.41 Å². The smallest absolute Gasteiger partial charge is 0.0349 e. The normalized spacial score (nSPS) is 13.6. The van der Waals surface area contributed by atoms with Crippen LogP contribution in [0.4, 0.5) is 0 Å². The Morgan fingerprint density at radius 3 is 1.82 bits per heavy atom. The fourth-order valence-corrected chi connectivity index (χ4v) is 2.06. The van der Waals surface area contributed by atoms with Crippen LogP contribution in [0.25, 0.3) is 0 Å². The van der Waals surface area contributed by atoms with Gasteiger partial charge in [-0.05, 0) is 30.6 Å². The van der Waals surface area contributed by atoms with Crippen LogP contribution in [0.3, 0.4) is 0 Å². The highest BCUT2D eigenvalue weighted by atomic mass is 14.3. The third-order valence-electron chi connectivity index (χ3n) is 1.88. The fraction of sp³-hybridized carbons (Fsp3) is 0.909. The van der Waals surface area contributed by atoms with Crippen molar-refractivity contribution < 1.29 is 0 Å². The van der Waals surface area contributed by atoms with E-state index in [1.807, 2.05) is 0 Å². The maximum absolute atomic E-state index is 4.14. The molecule has 0 unspecified atom stereocenters. The van der Waals surface area contributed by atoms with Gasteiger partial charge in [0.15, 0.2) is 0 Å². The van der Waals surface area contributed by atoms with E-state index in [9.17, 15) is 0 Å². The molecule has 1 radical (unpaired) electrons. The number of rotatable bonds is 4. The highest BCUT2D eigenvalue weighted by Crippen LogP contribution is 2.35. The van der Waals surface area contributed by atoms with Crippen LogP contribution >= 0.6 is 0 Å². The van der Waals surface area contributed by atoms with E-state index in [4.69, 9.17) is 0 Å². The monoisotopic (exact) mass is 155 g/mol. The topological polar surface area (TPSA) is 0 Å². The summed E-state index contributed by atoms with van der Waals surface area (Å²) < 4.78 is 0. The lowest BCUT2D eigenvalue weighted by Gasteiger charge is -2.32. The zero-order valence-electron chi connectivity index (χ0n) is 8.83. The highest BCUT2D eigenvalue weighted by molar-refractivity contribution is 4.80. The van der Waals surface area contributed by atoms with Crippen molar-refractivity contribution in [1.29, 1.82) is 0 Å². The molecule has 0 amide bonds. The maximum Gasteiger partial charge on any atom is -0.0349 e. The van der Waals surface area contributed by atoms with Crippen LogP contribution in [-0.4, -0.2) is 0 Å². The molecule has 11 heavy (non-hydrogen) atoms. The van der Waals surface area contributed by atoms with Gasteiger partial charge in [0.2, 0.25) is 0 Å². The average molecular weight is 155 g/mol. The molecule has 0 aliphatic heterocycles. The van der Waals surface area contributed by atoms with Gasteiger partial charge >= 0.3 is 0 Å². The maximum atomic E-state index is 4.14. The first-order valence-electron chi connectivity index (χ1n) is 4.62. The molecular formula is C11H23. The van der Waals surface area contributed by atoms with E-state index in [-0.39, 0.29) is 5.41 Å². The molecule has 67 valence electrons. The number of hydrogen-bond acceptors (Lipinski definition) is 0. The minimum Gasteiger partial charge on any atom is -0.0654 e. The highest BCUT2D eigenvalue weighted by Gasteiger charge is 2.24. The van der Waals surface area contributed by atoms with Crippen LogP contribution in [0.1, 0.15) is 53.9 Å². The van der Waals surface area contributed by atoms with Crippen LogP contribution in [-0.2, 0) is 0 Å². The lowest BCUT2D eigenvalue weighted by molar-refractivity contribution is 0.218. The van der Waals surface area contributed by atoms with E-state index in [2.05, 4.69) is 41.5 Å². The molecule has 0 spiro atoms. The Bertz CT molecular complexity index is 104. The standard InChI is InChI=1S/C11H23/c1-7-8-11(5,6)9-10(2,3)4/h2,7-9H2,1,3-6H3. The lowest BCUT2D eigenvalue weighted by atomic mass is 9.74. The van der Waals surface area contributed by atoms with Crippen LogP contribution in [0, 0.1) is 17.8 Å². The van der Waals surface area contributed by atoms with Crippen molar-refractivity contribution in [1.82, 2.24) is 0 Å². The van der Waals surface area contributed by atoms with Crippen LogP contribution in [0.15, 0.2) is 0 Å². The summed E-state index contributed by atoms with van der Waals surface area (Å²) in [7, 11) is 0. The Kier molecular flexibility index (Phi) is 3.60. The van der Waals surface area contributed by atoms with Crippen LogP contribution in [0.5, 0.6) is 0 Å². The molecule has 0 atom stereocenters. The van der Waals surface area contributed by atoms with Crippen LogP contribution in [0.2, 0.25) is 0 Å². The van der Waals surface area contributed by atoms with Gasteiger partial charge in [-0.15, -0.1) is 0 Å². The van der Waals surface area contributed by atoms with Crippen molar-refractivity contribution in [3.8, 4) is 0 Å². The Morgan fingerprint density at radius 1 is 1.09 bits per heavy atom. The van der Waals surface area contributed by atoms with Gasteiger partial charge in [0.05, 0.1) is 0 Å². The number of hydrogen-bond donors (Lipinski definition) is 0. The van der Waals surface area contributed by atoms with Gasteiger partial charge in [0, 0.05) is 0 Å². The summed E-state index contributed by atoms with van der Waals surface area (Å²) in [5, 5.41) is 0. The van der Waals surface area contributed by atoms with Gasteiger partial charge < -0.3 is 0 Å². The molecule has 0 aromatic rings. The summed E-state index contributed by atoms with van der Waals surface area (Å²) in [5.74, 6) is 0. The largest absolute Gasteiger partial charge is 0.0654 e. The van der Waals surface area contributed by atoms with Crippen molar-refractivity contribution in [2.24, 2.45) is 10.8 Å². The first-order chi connectivity index (χ1) is 4.77. The molecule has 0 heteroatoms. The van der Waals surface area contributed by atoms with E-state index in [1.165, 1.54) is 19.3 Å². The Morgan fingerprint density at radius 2 is 1.55 bits per heavy atom. The van der Waals surface area contributed by atoms with Crippen molar-refractivity contribution in [3.05, 3.63) is 6.92 Å². The summed E-state index contributed by atoms with van der Waals surface area (Å²) >= 11 is 0. The molecule has 0 aliphatic carbocycles. The predicted molar refractivity (Wildman–Crippen MR) is 52.4 cm³/mol. The Balaban J connectivity index is 3.91. The summed E-state index contributed by atoms with van der Waals surface area (Å²) in [6.07, 6.45) is 3.81. The zero-order chi connectivity index (χ0) is 9.12. The van der Waals surface area contributed by atoms with Gasteiger partial charge in [0.1, 0.15) is 0 Å². The molecule has 0 bridgehead atoms. The molecule has 0 rings (SSSR count). The van der Waals surface area contributed by atoms with E-state index < -0.39 is 0 Å². The molecule has 0 nitrogen and oxygen atoms in total. The second-order valence-electron chi connectivity index (χ2n) is 5.26. The molecule has 0 N–H and O–H groups in total. The van der Waals surface area contributed by atoms with Crippen molar-refractivity contribution in [2.45, 2.75) is 53.9 Å². The summed E-state index contributed by atoms with van der Waals surface area (Å²) in [4.78, 5) is 0. The first kappa shape index (κ1) is 11.0. The summed E-state index contributed by atoms with van der Waals surface area (Å²) in [5.41, 5.74) is 0.707. The quantitative estimate of drug-likeness (QED) is 0.574. The van der Waals surface area contributed by atoms with Crippen molar-refractivity contribution >= 4 is 0 Å². The molecule has 0 saturated heterocycles. The molecule has 0 saturated carbocycles. The fourth-order valence-electron chi connectivity index (χ4n) is 2.06. The molecule has 0 heterocycles. The van der Waals surface area contributed by atoms with Gasteiger partial charge in [-0.2, -0.15) is 0 Å². The SMILES string of the molecule is [CH2]C(C)(C)CC(C)(C)CCC. The molecule has 0 aromatic carbocycles. The van der Waals surface area contributed by atoms with Gasteiger partial charge in [-0.25, -0.2) is 0 Å². The molecule has 0 aromatic heterocycles. The summed E-state index contributed by atoms with van der Waals surface area (Å²) in [6, 6.07) is 0. The third-order valence-corrected chi connectivity index (χ3v) is 1.88. The minimum absolute atomic E-state index is 0.235. The molecule has 0 aliphatic rings. The van der Waals surface area contributed by atoms with Gasteiger partial charge in [-0.3, -0.25) is 0 Å². The average Bonchev–Trinajstić information content (AvgIpc) is 1.55. The van der Waals surface area contributed by atoms with Crippen LogP contribution < -0.4 is 0 Å². The molecule has 0 fully saturated rings. The predicted octanol–water partition coefficient (Wildman–Crippen LogP) is 4.06. The van der Waals surface area contributed by atoms with Gasteiger partial charge in [0.25, 0.3) is 0 Å². The Labute approximate surface area is 72.4 Å². The van der Waals surface area contributed by atoms with Gasteiger partial charge in [-0.1, -0.05) is 41.0 Å². The second kappa shape index (κ2) is 3.60. The third kappa shape index (κ3) is 6.40. The van der Waals surface area contributed by atoms with E-state index in [0.717, 1.165) is 0 Å². The lowest BCUT2D eigenvalue weighted by Crippen LogP contribution is -2.20. The molecular weight excluding hydrogens is 132 g/mol. The Hall–Kier alpha value is 0. The van der Waals surface area contributed by atoms with Crippen molar-refractivity contribution in [2.75, 3.05) is 0 Å². The minimum atomic E-state index is 0.235. The summed E-state index contributed by atoms with van der Waals surface area (Å²) in [6.45, 7) is 15.5. The van der Waals surface area contributed by atoms with Crippen molar-refractivity contribution in [3.63, 3.8) is 0 Å². The second-order valence-corrected chi connectivity index (χ2v) is 5.26. The van der Waals surface area contributed by atoms with E-state index >= 15 is 0 Å².